The highest BCUT2D eigenvalue weighted by atomic mass is 35.5. The number of phenolic OH excluding ortho intramolecular Hbond substituents is 1. The maximum Gasteiger partial charge on any atom is 0.141 e. The van der Waals surface area contributed by atoms with Gasteiger partial charge in [0.15, 0.2) is 0 Å². The molecule has 14 heavy (non-hydrogen) atoms. The van der Waals surface area contributed by atoms with Crippen LogP contribution in [0.1, 0.15) is 12.0 Å². The van der Waals surface area contributed by atoms with Gasteiger partial charge in [-0.15, -0.1) is 0 Å². The van der Waals surface area contributed by atoms with Crippen LogP contribution in [0.3, 0.4) is 0 Å². The Balaban J connectivity index is 2.91. The molecule has 0 unspecified atom stereocenters. The molecule has 0 saturated carbocycles. The van der Waals surface area contributed by atoms with Gasteiger partial charge in [0.1, 0.15) is 16.5 Å². The van der Waals surface area contributed by atoms with Crippen LogP contribution in [0, 0.1) is 0 Å². The zero-order valence-corrected chi connectivity index (χ0v) is 8.84. The van der Waals surface area contributed by atoms with Crippen molar-refractivity contribution in [3.8, 4) is 11.5 Å². The maximum absolute atomic E-state index is 9.47. The summed E-state index contributed by atoms with van der Waals surface area (Å²) in [6, 6.07) is 3.46. The average molecular weight is 216 g/mol. The van der Waals surface area contributed by atoms with E-state index in [-0.39, 0.29) is 10.8 Å². The second-order valence-corrected chi connectivity index (χ2v) is 3.40. The molecule has 0 saturated heterocycles. The van der Waals surface area contributed by atoms with E-state index in [1.807, 2.05) is 6.07 Å². The van der Waals surface area contributed by atoms with Crippen LogP contribution >= 0.6 is 11.6 Å². The quantitative estimate of drug-likeness (QED) is 0.807. The lowest BCUT2D eigenvalue weighted by Gasteiger charge is -2.08. The third-order valence-corrected chi connectivity index (χ3v) is 2.35. The minimum Gasteiger partial charge on any atom is -0.506 e. The van der Waals surface area contributed by atoms with E-state index in [2.05, 4.69) is 0 Å². The predicted octanol–water partition coefficient (Wildman–Crippen LogP) is 1.95. The molecule has 0 aromatic heterocycles. The molecule has 0 bridgehead atoms. The lowest BCUT2D eigenvalue weighted by atomic mass is 10.1. The molecule has 3 N–H and O–H groups in total. The number of phenols is 1. The second kappa shape index (κ2) is 5.08. The number of ether oxygens (including phenoxy) is 1. The van der Waals surface area contributed by atoms with E-state index in [0.717, 1.165) is 18.4 Å². The van der Waals surface area contributed by atoms with Crippen LogP contribution in [0.15, 0.2) is 12.1 Å². The van der Waals surface area contributed by atoms with Crippen molar-refractivity contribution in [3.05, 3.63) is 22.7 Å². The summed E-state index contributed by atoms with van der Waals surface area (Å²) in [5, 5.41) is 9.72. The van der Waals surface area contributed by atoms with E-state index < -0.39 is 0 Å². The van der Waals surface area contributed by atoms with Gasteiger partial charge in [-0.25, -0.2) is 0 Å². The molecular weight excluding hydrogens is 202 g/mol. The number of hydrogen-bond acceptors (Lipinski definition) is 3. The van der Waals surface area contributed by atoms with Crippen LogP contribution in [0.25, 0.3) is 0 Å². The van der Waals surface area contributed by atoms with Gasteiger partial charge < -0.3 is 15.6 Å². The fourth-order valence-electron chi connectivity index (χ4n) is 1.24. The summed E-state index contributed by atoms with van der Waals surface area (Å²) in [5.74, 6) is 0.553. The Labute approximate surface area is 88.4 Å². The smallest absolute Gasteiger partial charge is 0.141 e. The summed E-state index contributed by atoms with van der Waals surface area (Å²) in [4.78, 5) is 0. The molecule has 1 aromatic rings. The first-order valence-electron chi connectivity index (χ1n) is 4.44. The average Bonchev–Trinajstić information content (AvgIpc) is 2.19. The third-order valence-electron chi connectivity index (χ3n) is 1.97. The number of rotatable bonds is 4. The summed E-state index contributed by atoms with van der Waals surface area (Å²) < 4.78 is 5.02. The van der Waals surface area contributed by atoms with Gasteiger partial charge in [0.05, 0.1) is 7.11 Å². The topological polar surface area (TPSA) is 55.5 Å². The summed E-state index contributed by atoms with van der Waals surface area (Å²) in [6.07, 6.45) is 1.70. The van der Waals surface area contributed by atoms with Gasteiger partial charge in [0.2, 0.25) is 0 Å². The standard InChI is InChI=1S/C10H14ClNO2/c1-14-9-6-7(3-2-4-12)5-8(13)10(9)11/h5-6,13H,2-4,12H2,1H3. The predicted molar refractivity (Wildman–Crippen MR) is 57.0 cm³/mol. The summed E-state index contributed by atoms with van der Waals surface area (Å²) >= 11 is 5.80. The molecule has 78 valence electrons. The van der Waals surface area contributed by atoms with Crippen LogP contribution < -0.4 is 10.5 Å². The maximum atomic E-state index is 9.47. The minimum atomic E-state index is 0.0537. The number of methoxy groups -OCH3 is 1. The van der Waals surface area contributed by atoms with Gasteiger partial charge in [0, 0.05) is 0 Å². The lowest BCUT2D eigenvalue weighted by Crippen LogP contribution is -2.00. The Kier molecular flexibility index (Phi) is 4.04. The Morgan fingerprint density at radius 3 is 2.79 bits per heavy atom. The van der Waals surface area contributed by atoms with Crippen molar-refractivity contribution in [1.82, 2.24) is 0 Å². The van der Waals surface area contributed by atoms with E-state index >= 15 is 0 Å². The highest BCUT2D eigenvalue weighted by Gasteiger charge is 2.08. The van der Waals surface area contributed by atoms with Crippen LogP contribution in [-0.4, -0.2) is 18.8 Å². The number of aromatic hydroxyl groups is 1. The monoisotopic (exact) mass is 215 g/mol. The van der Waals surface area contributed by atoms with Gasteiger partial charge in [-0.1, -0.05) is 11.6 Å². The van der Waals surface area contributed by atoms with Gasteiger partial charge in [-0.3, -0.25) is 0 Å². The molecule has 0 fully saturated rings. The first-order chi connectivity index (χ1) is 6.69. The molecule has 1 rings (SSSR count). The molecule has 1 aromatic carbocycles. The Hall–Kier alpha value is -0.930. The number of halogens is 1. The Morgan fingerprint density at radius 2 is 2.21 bits per heavy atom. The number of benzene rings is 1. The summed E-state index contributed by atoms with van der Waals surface area (Å²) in [5.41, 5.74) is 6.38. The van der Waals surface area contributed by atoms with Crippen molar-refractivity contribution in [2.24, 2.45) is 5.73 Å². The van der Waals surface area contributed by atoms with E-state index in [1.54, 1.807) is 6.07 Å². The molecule has 0 aliphatic rings. The molecule has 0 radical (unpaired) electrons. The Bertz CT molecular complexity index is 315. The number of hydrogen-bond donors (Lipinski definition) is 2. The van der Waals surface area contributed by atoms with Crippen LogP contribution in [0.5, 0.6) is 11.5 Å². The van der Waals surface area contributed by atoms with Crippen LogP contribution in [0.4, 0.5) is 0 Å². The van der Waals surface area contributed by atoms with Gasteiger partial charge in [-0.05, 0) is 37.1 Å². The van der Waals surface area contributed by atoms with Crippen molar-refractivity contribution < 1.29 is 9.84 Å². The van der Waals surface area contributed by atoms with Gasteiger partial charge in [-0.2, -0.15) is 0 Å². The zero-order chi connectivity index (χ0) is 10.6. The fourth-order valence-corrected chi connectivity index (χ4v) is 1.42. The molecular formula is C10H14ClNO2. The van der Waals surface area contributed by atoms with Crippen molar-refractivity contribution >= 4 is 11.6 Å². The van der Waals surface area contributed by atoms with E-state index in [4.69, 9.17) is 22.1 Å². The second-order valence-electron chi connectivity index (χ2n) is 3.02. The first-order valence-corrected chi connectivity index (χ1v) is 4.82. The zero-order valence-electron chi connectivity index (χ0n) is 8.09. The van der Waals surface area contributed by atoms with Crippen LogP contribution in [0.2, 0.25) is 5.02 Å². The Morgan fingerprint density at radius 1 is 1.50 bits per heavy atom. The van der Waals surface area contributed by atoms with E-state index in [9.17, 15) is 5.11 Å². The normalized spacial score (nSPS) is 10.2. The molecule has 0 atom stereocenters. The first kappa shape index (κ1) is 11.1. The van der Waals surface area contributed by atoms with Gasteiger partial charge >= 0.3 is 0 Å². The SMILES string of the molecule is COc1cc(CCCN)cc(O)c1Cl. The molecule has 0 aliphatic carbocycles. The summed E-state index contributed by atoms with van der Waals surface area (Å²) in [6.45, 7) is 0.631. The van der Waals surface area contributed by atoms with Crippen molar-refractivity contribution in [2.75, 3.05) is 13.7 Å². The van der Waals surface area contributed by atoms with Crippen molar-refractivity contribution in [1.29, 1.82) is 0 Å². The fraction of sp³-hybridized carbons (Fsp3) is 0.400. The highest BCUT2D eigenvalue weighted by molar-refractivity contribution is 6.33. The molecule has 3 nitrogen and oxygen atoms in total. The third kappa shape index (κ3) is 2.53. The van der Waals surface area contributed by atoms with Crippen molar-refractivity contribution in [3.63, 3.8) is 0 Å². The van der Waals surface area contributed by atoms with Crippen molar-refractivity contribution in [2.45, 2.75) is 12.8 Å². The molecule has 0 amide bonds. The van der Waals surface area contributed by atoms with E-state index in [0.29, 0.717) is 12.3 Å². The number of nitrogens with two attached hydrogens (primary N) is 1. The molecule has 4 heteroatoms. The largest absolute Gasteiger partial charge is 0.506 e. The van der Waals surface area contributed by atoms with Gasteiger partial charge in [0.25, 0.3) is 0 Å². The summed E-state index contributed by atoms with van der Waals surface area (Å²) in [7, 11) is 1.52. The minimum absolute atomic E-state index is 0.0537. The van der Waals surface area contributed by atoms with E-state index in [1.165, 1.54) is 7.11 Å². The molecule has 0 spiro atoms. The highest BCUT2D eigenvalue weighted by Crippen LogP contribution is 2.34. The molecule has 0 aliphatic heterocycles. The molecule has 0 heterocycles. The number of aryl methyl sites for hydroxylation is 1. The lowest BCUT2D eigenvalue weighted by molar-refractivity contribution is 0.407. The van der Waals surface area contributed by atoms with Crippen LogP contribution in [-0.2, 0) is 6.42 Å².